The van der Waals surface area contributed by atoms with Gasteiger partial charge < -0.3 is 34.5 Å². The van der Waals surface area contributed by atoms with Crippen LogP contribution in [-0.2, 0) is 9.13 Å². The van der Waals surface area contributed by atoms with Gasteiger partial charge in [-0.3, -0.25) is 0 Å². The van der Waals surface area contributed by atoms with E-state index < -0.39 is 15.6 Å². The Morgan fingerprint density at radius 1 is 0.867 bits per heavy atom. The van der Waals surface area contributed by atoms with Crippen LogP contribution in [0.25, 0.3) is 0 Å². The summed E-state index contributed by atoms with van der Waals surface area (Å²) in [6.07, 6.45) is 0. The normalized spacial score (nSPS) is 9.87. The fraction of sp³-hybridized carbons (Fsp3) is 1.00. The number of aliphatic hydroxyl groups excluding tert-OH is 1. The maximum atomic E-state index is 8.88. The molecular formula is C2H13CaClO9P2. The number of rotatable bonds is 1. The number of alkyl halides is 1. The van der Waals surface area contributed by atoms with Gasteiger partial charge in [0.1, 0.15) is 0 Å². The Labute approximate surface area is 120 Å². The second-order valence-electron chi connectivity index (χ2n) is 1.44. The van der Waals surface area contributed by atoms with E-state index in [2.05, 4.69) is 0 Å². The third-order valence-electron chi connectivity index (χ3n) is 0.0845. The summed E-state index contributed by atoms with van der Waals surface area (Å²) >= 11 is 4.94. The van der Waals surface area contributed by atoms with Gasteiger partial charge in [-0.1, -0.05) is 0 Å². The molecule has 0 unspecified atom stereocenters. The van der Waals surface area contributed by atoms with Crippen molar-refractivity contribution in [1.82, 2.24) is 0 Å². The summed E-state index contributed by atoms with van der Waals surface area (Å²) in [5.41, 5.74) is 0. The van der Waals surface area contributed by atoms with Gasteiger partial charge in [0, 0.05) is 5.88 Å². The molecule has 7 N–H and O–H groups in total. The average Bonchev–Trinajstić information content (AvgIpc) is 1.79. The molecule has 0 spiro atoms. The Morgan fingerprint density at radius 3 is 0.933 bits per heavy atom. The van der Waals surface area contributed by atoms with Crippen LogP contribution >= 0.6 is 27.2 Å². The van der Waals surface area contributed by atoms with Gasteiger partial charge in [-0.05, 0) is 0 Å². The molecule has 0 aliphatic heterocycles. The number of hydrogen-bond acceptors (Lipinski definition) is 3. The second-order valence-corrected chi connectivity index (χ2v) is 3.87. The van der Waals surface area contributed by atoms with E-state index in [1.54, 1.807) is 0 Å². The molecule has 0 heterocycles. The minimum atomic E-state index is -4.64. The molecule has 0 atom stereocenters. The molecule has 0 radical (unpaired) electrons. The predicted octanol–water partition coefficient (Wildman–Crippen LogP) is -2.56. The van der Waals surface area contributed by atoms with Crippen LogP contribution in [0.3, 0.4) is 0 Å². The average molecular weight is 319 g/mol. The van der Waals surface area contributed by atoms with Gasteiger partial charge in [0.05, 0.1) is 6.61 Å². The molecule has 0 rings (SSSR count). The Balaban J connectivity index is -0.0000000590. The maximum absolute atomic E-state index is 8.88. The number of aliphatic hydroxyl groups is 1. The van der Waals surface area contributed by atoms with Crippen LogP contribution in [0.15, 0.2) is 0 Å². The van der Waals surface area contributed by atoms with E-state index in [1.807, 2.05) is 0 Å². The van der Waals surface area contributed by atoms with Gasteiger partial charge in [0.25, 0.3) is 0 Å². The van der Waals surface area contributed by atoms with Crippen molar-refractivity contribution in [2.24, 2.45) is 0 Å². The third-order valence-corrected chi connectivity index (χ3v) is 0.254. The van der Waals surface area contributed by atoms with Crippen LogP contribution < -0.4 is 0 Å². The quantitative estimate of drug-likeness (QED) is 0.156. The summed E-state index contributed by atoms with van der Waals surface area (Å²) in [5, 5.41) is 7.74. The van der Waals surface area contributed by atoms with E-state index in [4.69, 9.17) is 55.2 Å². The molecule has 9 nitrogen and oxygen atoms in total. The summed E-state index contributed by atoms with van der Waals surface area (Å²) < 4.78 is 17.8. The van der Waals surface area contributed by atoms with Crippen molar-refractivity contribution in [2.75, 3.05) is 12.5 Å². The van der Waals surface area contributed by atoms with E-state index in [0.717, 1.165) is 0 Å². The molecule has 0 bridgehead atoms. The van der Waals surface area contributed by atoms with Crippen molar-refractivity contribution >= 4 is 65.0 Å². The summed E-state index contributed by atoms with van der Waals surface area (Å²) in [6.45, 7) is 0.0849. The van der Waals surface area contributed by atoms with E-state index in [9.17, 15) is 0 Å². The van der Waals surface area contributed by atoms with Gasteiger partial charge in [0.15, 0.2) is 0 Å². The van der Waals surface area contributed by atoms with Gasteiger partial charge in [0.2, 0.25) is 0 Å². The van der Waals surface area contributed by atoms with E-state index in [-0.39, 0.29) is 44.3 Å². The van der Waals surface area contributed by atoms with E-state index >= 15 is 0 Å². The first-order valence-electron chi connectivity index (χ1n) is 2.65. The Morgan fingerprint density at radius 2 is 0.933 bits per heavy atom. The van der Waals surface area contributed by atoms with Gasteiger partial charge in [-0.25, -0.2) is 9.13 Å². The zero-order chi connectivity index (χ0) is 12.4. The zero-order valence-corrected chi connectivity index (χ0v) is 9.18. The molecule has 0 amide bonds. The fourth-order valence-electron chi connectivity index (χ4n) is 0. The van der Waals surface area contributed by atoms with Crippen LogP contribution in [0.4, 0.5) is 0 Å². The SMILES string of the molecule is O=P(O)(O)O.O=P(O)(O)O.OCCCl.[CaH2]. The second kappa shape index (κ2) is 13.8. The molecule has 0 aromatic rings. The molecule has 0 aliphatic carbocycles. The van der Waals surface area contributed by atoms with Crippen molar-refractivity contribution < 1.29 is 43.6 Å². The number of hydrogen-bond donors (Lipinski definition) is 7. The summed E-state index contributed by atoms with van der Waals surface area (Å²) in [6, 6.07) is 0. The van der Waals surface area contributed by atoms with Crippen LogP contribution in [0.1, 0.15) is 0 Å². The Bertz CT molecular complexity index is 160. The molecule has 0 fully saturated rings. The number of halogens is 1. The van der Waals surface area contributed by atoms with Crippen molar-refractivity contribution in [1.29, 1.82) is 0 Å². The van der Waals surface area contributed by atoms with Gasteiger partial charge >= 0.3 is 53.4 Å². The van der Waals surface area contributed by atoms with Crippen LogP contribution in [-0.4, -0.2) is 84.7 Å². The molecule has 0 aliphatic rings. The van der Waals surface area contributed by atoms with Crippen molar-refractivity contribution in [3.63, 3.8) is 0 Å². The van der Waals surface area contributed by atoms with Gasteiger partial charge in [-0.2, -0.15) is 0 Å². The predicted molar refractivity (Wildman–Crippen MR) is 54.9 cm³/mol. The van der Waals surface area contributed by atoms with Crippen LogP contribution in [0, 0.1) is 0 Å². The molecule has 94 valence electrons. The molecular weight excluding hydrogens is 305 g/mol. The topological polar surface area (TPSA) is 176 Å². The summed E-state index contributed by atoms with van der Waals surface area (Å²) in [7, 11) is -9.28. The zero-order valence-electron chi connectivity index (χ0n) is 6.63. The molecule has 0 aromatic carbocycles. The monoisotopic (exact) mass is 318 g/mol. The fourth-order valence-corrected chi connectivity index (χ4v) is 0. The van der Waals surface area contributed by atoms with Crippen molar-refractivity contribution in [3.8, 4) is 0 Å². The van der Waals surface area contributed by atoms with Crippen LogP contribution in [0.5, 0.6) is 0 Å². The Hall–Kier alpha value is 1.73. The van der Waals surface area contributed by atoms with E-state index in [1.165, 1.54) is 0 Å². The molecule has 0 aromatic heterocycles. The molecule has 0 saturated carbocycles. The standard InChI is InChI=1S/C2H5ClO.Ca.2H3O4P.2H/c3-1-2-4;;2*1-5(2,3)4;;/h4H,1-2H2;;2*(H3,1,2,3,4);;. The summed E-state index contributed by atoms with van der Waals surface area (Å²) in [4.78, 5) is 43.1. The first-order valence-corrected chi connectivity index (χ1v) is 6.31. The molecule has 13 heteroatoms. The first kappa shape index (κ1) is 25.5. The van der Waals surface area contributed by atoms with E-state index in [0.29, 0.717) is 5.88 Å². The molecule has 15 heavy (non-hydrogen) atoms. The van der Waals surface area contributed by atoms with Gasteiger partial charge in [-0.15, -0.1) is 11.6 Å². The van der Waals surface area contributed by atoms with Crippen LogP contribution in [0.2, 0.25) is 0 Å². The summed E-state index contributed by atoms with van der Waals surface area (Å²) in [5.74, 6) is 0.347. The number of phosphoric acid groups is 2. The molecule has 0 saturated heterocycles. The Kier molecular flexibility index (Phi) is 23.5. The first-order chi connectivity index (χ1) is 5.91. The van der Waals surface area contributed by atoms with Crippen molar-refractivity contribution in [3.05, 3.63) is 0 Å². The minimum absolute atomic E-state index is 0. The third kappa shape index (κ3) is 398. The van der Waals surface area contributed by atoms with Crippen molar-refractivity contribution in [2.45, 2.75) is 0 Å².